The van der Waals surface area contributed by atoms with E-state index in [4.69, 9.17) is 5.11 Å². The number of nitrogens with zero attached hydrogens (tertiary/aromatic N) is 3. The molecule has 3 rings (SSSR count). The van der Waals surface area contributed by atoms with Crippen LogP contribution in [0.15, 0.2) is 59.8 Å². The van der Waals surface area contributed by atoms with Gasteiger partial charge in [-0.25, -0.2) is 18.4 Å². The van der Waals surface area contributed by atoms with Crippen LogP contribution >= 0.6 is 0 Å². The van der Waals surface area contributed by atoms with Crippen molar-refractivity contribution in [3.8, 4) is 0 Å². The third-order valence-corrected chi connectivity index (χ3v) is 6.02. The van der Waals surface area contributed by atoms with E-state index in [2.05, 4.69) is 15.3 Å². The summed E-state index contributed by atoms with van der Waals surface area (Å²) in [4.78, 5) is 8.69. The summed E-state index contributed by atoms with van der Waals surface area (Å²) in [5.74, 6) is 0.645. The number of benzene rings is 2. The van der Waals surface area contributed by atoms with E-state index in [9.17, 15) is 8.42 Å². The predicted octanol–water partition coefficient (Wildman–Crippen LogP) is 1.85. The van der Waals surface area contributed by atoms with E-state index in [-0.39, 0.29) is 18.0 Å². The average molecular weight is 372 g/mol. The zero-order chi connectivity index (χ0) is 18.6. The molecule has 0 aliphatic carbocycles. The highest BCUT2D eigenvalue weighted by Crippen LogP contribution is 2.22. The lowest BCUT2D eigenvalue weighted by Gasteiger charge is -2.18. The molecule has 1 aromatic heterocycles. The second kappa shape index (κ2) is 7.77. The summed E-state index contributed by atoms with van der Waals surface area (Å²) in [5.41, 5.74) is 1.44. The number of fused-ring (bicyclic) bond motifs is 1. The molecule has 8 heteroatoms. The maximum absolute atomic E-state index is 12.7. The Kier molecular flexibility index (Phi) is 5.46. The molecule has 0 saturated carbocycles. The van der Waals surface area contributed by atoms with E-state index in [1.807, 2.05) is 24.3 Å². The molecule has 1 heterocycles. The number of hydrogen-bond acceptors (Lipinski definition) is 6. The fourth-order valence-electron chi connectivity index (χ4n) is 2.66. The van der Waals surface area contributed by atoms with Crippen LogP contribution in [0.25, 0.3) is 10.9 Å². The Morgan fingerprint density at radius 3 is 2.62 bits per heavy atom. The molecule has 0 spiro atoms. The Morgan fingerprint density at radius 1 is 1.08 bits per heavy atom. The van der Waals surface area contributed by atoms with Crippen LogP contribution in [0.3, 0.4) is 0 Å². The molecule has 2 N–H and O–H groups in total. The average Bonchev–Trinajstić information content (AvgIpc) is 2.66. The minimum atomic E-state index is -3.68. The zero-order valence-electron chi connectivity index (χ0n) is 14.3. The molecule has 0 unspecified atom stereocenters. The fraction of sp³-hybridized carbons (Fsp3) is 0.222. The lowest BCUT2D eigenvalue weighted by molar-refractivity contribution is 0.266. The van der Waals surface area contributed by atoms with Gasteiger partial charge in [0.15, 0.2) is 0 Å². The first kappa shape index (κ1) is 18.2. The highest BCUT2D eigenvalue weighted by Gasteiger charge is 2.23. The van der Waals surface area contributed by atoms with Gasteiger partial charge in [0.1, 0.15) is 12.1 Å². The summed E-state index contributed by atoms with van der Waals surface area (Å²) in [6, 6.07) is 14.4. The highest BCUT2D eigenvalue weighted by molar-refractivity contribution is 7.89. The molecule has 0 bridgehead atoms. The summed E-state index contributed by atoms with van der Waals surface area (Å²) in [7, 11) is -2.23. The number of hydrogen-bond donors (Lipinski definition) is 2. The molecular formula is C18H20N4O3S. The summed E-state index contributed by atoms with van der Waals surface area (Å²) in [5, 5.41) is 13.1. The molecule has 7 nitrogen and oxygen atoms in total. The quantitative estimate of drug-likeness (QED) is 0.657. The molecule has 0 fully saturated rings. The van der Waals surface area contributed by atoms with Crippen LogP contribution in [0, 0.1) is 0 Å². The highest BCUT2D eigenvalue weighted by atomic mass is 32.2. The van der Waals surface area contributed by atoms with Crippen molar-refractivity contribution in [2.45, 2.75) is 11.4 Å². The van der Waals surface area contributed by atoms with Crippen LogP contribution in [0.1, 0.15) is 5.56 Å². The van der Waals surface area contributed by atoms with Crippen molar-refractivity contribution in [2.24, 2.45) is 0 Å². The Labute approximate surface area is 152 Å². The Bertz CT molecular complexity index is 1000. The molecule has 0 aliphatic heterocycles. The van der Waals surface area contributed by atoms with Gasteiger partial charge in [-0.3, -0.25) is 0 Å². The van der Waals surface area contributed by atoms with E-state index in [0.717, 1.165) is 15.2 Å². The minimum Gasteiger partial charge on any atom is -0.395 e. The maximum Gasteiger partial charge on any atom is 0.243 e. The van der Waals surface area contributed by atoms with Gasteiger partial charge in [-0.05, 0) is 23.8 Å². The van der Waals surface area contributed by atoms with Crippen molar-refractivity contribution >= 4 is 26.7 Å². The van der Waals surface area contributed by atoms with Gasteiger partial charge < -0.3 is 10.4 Å². The van der Waals surface area contributed by atoms with Gasteiger partial charge in [-0.2, -0.15) is 4.31 Å². The Balaban J connectivity index is 1.90. The number of aliphatic hydroxyl groups is 1. The van der Waals surface area contributed by atoms with Crippen LogP contribution in [0.4, 0.5) is 5.82 Å². The van der Waals surface area contributed by atoms with E-state index in [1.165, 1.54) is 13.4 Å². The SMILES string of the molecule is CN(CCO)S(=O)(=O)c1ccccc1CNc1ncnc2ccccc12. The number of anilines is 1. The van der Waals surface area contributed by atoms with Crippen LogP contribution in [-0.4, -0.2) is 48.0 Å². The molecule has 3 aromatic rings. The first-order valence-electron chi connectivity index (χ1n) is 8.13. The van der Waals surface area contributed by atoms with Crippen LogP contribution < -0.4 is 5.32 Å². The van der Waals surface area contributed by atoms with Gasteiger partial charge in [0.25, 0.3) is 0 Å². The number of para-hydroxylation sites is 1. The number of rotatable bonds is 7. The fourth-order valence-corrected chi connectivity index (χ4v) is 4.03. The van der Waals surface area contributed by atoms with Crippen molar-refractivity contribution < 1.29 is 13.5 Å². The topological polar surface area (TPSA) is 95.4 Å². The molecule has 26 heavy (non-hydrogen) atoms. The van der Waals surface area contributed by atoms with E-state index in [1.54, 1.807) is 24.3 Å². The van der Waals surface area contributed by atoms with E-state index < -0.39 is 10.0 Å². The number of likely N-dealkylation sites (N-methyl/N-ethyl adjacent to an activating group) is 1. The summed E-state index contributed by atoms with van der Waals surface area (Å²) in [6.07, 6.45) is 1.47. The van der Waals surface area contributed by atoms with Crippen LogP contribution in [0.2, 0.25) is 0 Å². The largest absolute Gasteiger partial charge is 0.395 e. The van der Waals surface area contributed by atoms with Crippen LogP contribution in [-0.2, 0) is 16.6 Å². The van der Waals surface area contributed by atoms with Crippen molar-refractivity contribution in [2.75, 3.05) is 25.5 Å². The summed E-state index contributed by atoms with van der Waals surface area (Å²) < 4.78 is 26.6. The normalized spacial score (nSPS) is 11.8. The van der Waals surface area contributed by atoms with Crippen molar-refractivity contribution in [3.63, 3.8) is 0 Å². The first-order chi connectivity index (χ1) is 12.5. The lowest BCUT2D eigenvalue weighted by Crippen LogP contribution is -2.30. The molecule has 136 valence electrons. The van der Waals surface area contributed by atoms with Gasteiger partial charge in [0, 0.05) is 25.5 Å². The second-order valence-corrected chi connectivity index (χ2v) is 7.76. The van der Waals surface area contributed by atoms with Crippen molar-refractivity contribution in [3.05, 3.63) is 60.4 Å². The molecule has 0 amide bonds. The van der Waals surface area contributed by atoms with E-state index in [0.29, 0.717) is 17.9 Å². The van der Waals surface area contributed by atoms with Crippen LogP contribution in [0.5, 0.6) is 0 Å². The number of nitrogens with one attached hydrogen (secondary N) is 1. The molecule has 2 aromatic carbocycles. The Morgan fingerprint density at radius 2 is 1.81 bits per heavy atom. The monoisotopic (exact) mass is 372 g/mol. The first-order valence-corrected chi connectivity index (χ1v) is 9.57. The smallest absolute Gasteiger partial charge is 0.243 e. The van der Waals surface area contributed by atoms with Gasteiger partial charge in [0.2, 0.25) is 10.0 Å². The van der Waals surface area contributed by atoms with Gasteiger partial charge in [0.05, 0.1) is 17.0 Å². The molecule has 0 radical (unpaired) electrons. The van der Waals surface area contributed by atoms with Gasteiger partial charge in [-0.1, -0.05) is 30.3 Å². The third kappa shape index (κ3) is 3.67. The summed E-state index contributed by atoms with van der Waals surface area (Å²) in [6.45, 7) is 0.104. The maximum atomic E-state index is 12.7. The zero-order valence-corrected chi connectivity index (χ0v) is 15.1. The van der Waals surface area contributed by atoms with Crippen molar-refractivity contribution in [1.29, 1.82) is 0 Å². The van der Waals surface area contributed by atoms with Crippen molar-refractivity contribution in [1.82, 2.24) is 14.3 Å². The second-order valence-electron chi connectivity index (χ2n) is 5.75. The van der Waals surface area contributed by atoms with Gasteiger partial charge >= 0.3 is 0 Å². The third-order valence-electron chi connectivity index (χ3n) is 4.06. The summed E-state index contributed by atoms with van der Waals surface area (Å²) >= 11 is 0. The number of aliphatic hydroxyl groups excluding tert-OH is 1. The Hall–Kier alpha value is -2.55. The lowest BCUT2D eigenvalue weighted by atomic mass is 10.2. The standard InChI is InChI=1S/C18H20N4O3S/c1-22(10-11-23)26(24,25)17-9-5-2-6-14(17)12-19-18-15-7-3-4-8-16(15)20-13-21-18/h2-9,13,23H,10-12H2,1H3,(H,19,20,21). The van der Waals surface area contributed by atoms with E-state index >= 15 is 0 Å². The molecule has 0 atom stereocenters. The predicted molar refractivity (Wildman–Crippen MR) is 100 cm³/mol. The molecule has 0 saturated heterocycles. The molecular weight excluding hydrogens is 352 g/mol. The molecule has 0 aliphatic rings. The van der Waals surface area contributed by atoms with Gasteiger partial charge in [-0.15, -0.1) is 0 Å². The minimum absolute atomic E-state index is 0.0423. The number of sulfonamides is 1. The number of aromatic nitrogens is 2.